The third-order valence-corrected chi connectivity index (χ3v) is 6.34. The summed E-state index contributed by atoms with van der Waals surface area (Å²) in [6, 6.07) is 10.9. The van der Waals surface area contributed by atoms with Crippen LogP contribution in [0.2, 0.25) is 0 Å². The molecular weight excluding hydrogens is 454 g/mol. The van der Waals surface area contributed by atoms with Crippen LogP contribution in [0, 0.1) is 0 Å². The molecule has 2 aromatic heterocycles. The molecule has 0 spiro atoms. The Labute approximate surface area is 202 Å². The predicted octanol–water partition coefficient (Wildman–Crippen LogP) is 3.38. The second kappa shape index (κ2) is 12.2. The number of nitrogens with one attached hydrogen (secondary N) is 2. The van der Waals surface area contributed by atoms with E-state index in [0.29, 0.717) is 25.3 Å². The summed E-state index contributed by atoms with van der Waals surface area (Å²) in [6.07, 6.45) is 3.59. The summed E-state index contributed by atoms with van der Waals surface area (Å²) >= 11 is 1.54. The lowest BCUT2D eigenvalue weighted by atomic mass is 10.1. The van der Waals surface area contributed by atoms with Crippen molar-refractivity contribution < 1.29 is 19.1 Å². The molecule has 2 heterocycles. The van der Waals surface area contributed by atoms with Gasteiger partial charge in [0.05, 0.1) is 19.8 Å². The summed E-state index contributed by atoms with van der Waals surface area (Å²) in [5, 5.41) is 7.63. The molecule has 0 saturated carbocycles. The third-order valence-electron chi connectivity index (χ3n) is 5.35. The van der Waals surface area contributed by atoms with E-state index in [9.17, 15) is 14.4 Å². The number of benzene rings is 1. The number of carbonyl (C=O) groups is 2. The first kappa shape index (κ1) is 25.2. The molecule has 0 saturated heterocycles. The van der Waals surface area contributed by atoms with Crippen LogP contribution in [-0.2, 0) is 17.8 Å². The van der Waals surface area contributed by atoms with Gasteiger partial charge in [0.2, 0.25) is 5.43 Å². The van der Waals surface area contributed by atoms with Crippen molar-refractivity contribution in [2.24, 2.45) is 0 Å². The molecule has 3 rings (SSSR count). The molecule has 2 N–H and O–H groups in total. The maximum absolute atomic E-state index is 13.2. The smallest absolute Gasteiger partial charge is 0.257 e. The highest BCUT2D eigenvalue weighted by molar-refractivity contribution is 7.10. The number of pyridine rings is 1. The molecule has 0 radical (unpaired) electrons. The molecule has 180 valence electrons. The highest BCUT2D eigenvalue weighted by Crippen LogP contribution is 2.22. The largest absolute Gasteiger partial charge is 0.496 e. The molecule has 2 amide bonds. The van der Waals surface area contributed by atoms with Gasteiger partial charge in [-0.2, -0.15) is 0 Å². The highest BCUT2D eigenvalue weighted by atomic mass is 32.1. The number of methoxy groups -OCH3 is 2. The monoisotopic (exact) mass is 483 g/mol. The molecule has 0 bridgehead atoms. The number of aromatic nitrogens is 1. The highest BCUT2D eigenvalue weighted by Gasteiger charge is 2.22. The van der Waals surface area contributed by atoms with Crippen LogP contribution >= 0.6 is 11.3 Å². The molecule has 0 fully saturated rings. The van der Waals surface area contributed by atoms with Crippen LogP contribution in [-0.4, -0.2) is 37.2 Å². The quantitative estimate of drug-likeness (QED) is 0.436. The lowest BCUT2D eigenvalue weighted by molar-refractivity contribution is 0.0933. The average Bonchev–Trinajstić information content (AvgIpc) is 3.40. The van der Waals surface area contributed by atoms with E-state index in [4.69, 9.17) is 9.47 Å². The molecule has 3 aromatic rings. The van der Waals surface area contributed by atoms with E-state index in [1.165, 1.54) is 23.7 Å². The first-order chi connectivity index (χ1) is 16.5. The van der Waals surface area contributed by atoms with Crippen LogP contribution < -0.4 is 20.8 Å². The summed E-state index contributed by atoms with van der Waals surface area (Å²) in [5.74, 6) is -0.453. The van der Waals surface area contributed by atoms with Crippen LogP contribution in [0.5, 0.6) is 5.75 Å². The summed E-state index contributed by atoms with van der Waals surface area (Å²) in [6.45, 7) is 2.88. The van der Waals surface area contributed by atoms with Gasteiger partial charge in [0, 0.05) is 43.0 Å². The van der Waals surface area contributed by atoms with Crippen LogP contribution in [0.4, 0.5) is 0 Å². The SMILES string of the molecule is CCC(NC(=O)c1cn(CCOC)cc(C(=O)NCc2ccccc2OC)c1=O)c1cccs1. The fourth-order valence-electron chi connectivity index (χ4n) is 3.50. The lowest BCUT2D eigenvalue weighted by Gasteiger charge is -2.17. The summed E-state index contributed by atoms with van der Waals surface area (Å²) in [5.41, 5.74) is -0.0442. The van der Waals surface area contributed by atoms with Gasteiger partial charge in [-0.15, -0.1) is 11.3 Å². The van der Waals surface area contributed by atoms with Crippen molar-refractivity contribution in [3.63, 3.8) is 0 Å². The fourth-order valence-corrected chi connectivity index (χ4v) is 4.36. The van der Waals surface area contributed by atoms with E-state index in [1.54, 1.807) is 24.9 Å². The van der Waals surface area contributed by atoms with Crippen molar-refractivity contribution in [2.75, 3.05) is 20.8 Å². The fraction of sp³-hybridized carbons (Fsp3) is 0.320. The Morgan fingerprint density at radius 1 is 1.06 bits per heavy atom. The van der Waals surface area contributed by atoms with Crippen LogP contribution in [0.25, 0.3) is 0 Å². The standard InChI is InChI=1S/C25H29N3O5S/c1-4-20(22-10-7-13-34-22)27-25(31)19-16-28(11-12-32-2)15-18(23(19)29)24(30)26-14-17-8-5-6-9-21(17)33-3/h5-10,13,15-16,20H,4,11-12,14H2,1-3H3,(H,26,30)(H,27,31). The van der Waals surface area contributed by atoms with E-state index in [1.807, 2.05) is 42.6 Å². The van der Waals surface area contributed by atoms with Crippen molar-refractivity contribution in [1.29, 1.82) is 0 Å². The Bertz CT molecular complexity index is 1170. The zero-order valence-electron chi connectivity index (χ0n) is 19.5. The van der Waals surface area contributed by atoms with Crippen molar-refractivity contribution in [3.05, 3.63) is 86.0 Å². The van der Waals surface area contributed by atoms with Gasteiger partial charge >= 0.3 is 0 Å². The number of hydrogen-bond donors (Lipinski definition) is 2. The zero-order valence-corrected chi connectivity index (χ0v) is 20.3. The minimum Gasteiger partial charge on any atom is -0.496 e. The number of rotatable bonds is 11. The number of para-hydroxylation sites is 1. The van der Waals surface area contributed by atoms with Crippen molar-refractivity contribution >= 4 is 23.2 Å². The lowest BCUT2D eigenvalue weighted by Crippen LogP contribution is -2.36. The maximum Gasteiger partial charge on any atom is 0.257 e. The van der Waals surface area contributed by atoms with Gasteiger partial charge in [-0.3, -0.25) is 14.4 Å². The Balaban J connectivity index is 1.87. The van der Waals surface area contributed by atoms with Crippen LogP contribution in [0.15, 0.2) is 59.0 Å². The molecule has 1 unspecified atom stereocenters. The minimum absolute atomic E-state index is 0.0870. The summed E-state index contributed by atoms with van der Waals surface area (Å²) in [7, 11) is 3.11. The Morgan fingerprint density at radius 2 is 1.79 bits per heavy atom. The second-order valence-electron chi connectivity index (χ2n) is 7.59. The number of thiophene rings is 1. The molecule has 1 aromatic carbocycles. The molecule has 0 aliphatic rings. The van der Waals surface area contributed by atoms with Gasteiger partial charge in [-0.1, -0.05) is 31.2 Å². The zero-order chi connectivity index (χ0) is 24.5. The maximum atomic E-state index is 13.2. The van der Waals surface area contributed by atoms with E-state index < -0.39 is 17.2 Å². The third kappa shape index (κ3) is 6.12. The Morgan fingerprint density at radius 3 is 2.44 bits per heavy atom. The van der Waals surface area contributed by atoms with Gasteiger partial charge in [0.15, 0.2) is 0 Å². The van der Waals surface area contributed by atoms with E-state index >= 15 is 0 Å². The summed E-state index contributed by atoms with van der Waals surface area (Å²) in [4.78, 5) is 40.3. The van der Waals surface area contributed by atoms with Gasteiger partial charge in [-0.25, -0.2) is 0 Å². The Kier molecular flexibility index (Phi) is 9.00. The van der Waals surface area contributed by atoms with Gasteiger partial charge in [0.25, 0.3) is 11.8 Å². The van der Waals surface area contributed by atoms with Crippen molar-refractivity contribution in [3.8, 4) is 5.75 Å². The van der Waals surface area contributed by atoms with Crippen molar-refractivity contribution in [2.45, 2.75) is 32.5 Å². The number of ether oxygens (including phenoxy) is 2. The van der Waals surface area contributed by atoms with Gasteiger partial charge in [0.1, 0.15) is 16.9 Å². The second-order valence-corrected chi connectivity index (χ2v) is 8.57. The molecular formula is C25H29N3O5S. The van der Waals surface area contributed by atoms with Crippen molar-refractivity contribution in [1.82, 2.24) is 15.2 Å². The molecule has 8 nitrogen and oxygen atoms in total. The minimum atomic E-state index is -0.621. The van der Waals surface area contributed by atoms with Gasteiger partial charge in [-0.05, 0) is 23.9 Å². The summed E-state index contributed by atoms with van der Waals surface area (Å²) < 4.78 is 12.1. The Hall–Kier alpha value is -3.43. The molecule has 1 atom stereocenters. The number of amides is 2. The first-order valence-electron chi connectivity index (χ1n) is 11.0. The van der Waals surface area contributed by atoms with E-state index in [2.05, 4.69) is 10.6 Å². The van der Waals surface area contributed by atoms with E-state index in [-0.39, 0.29) is 23.7 Å². The van der Waals surface area contributed by atoms with E-state index in [0.717, 1.165) is 10.4 Å². The topological polar surface area (TPSA) is 98.7 Å². The molecule has 34 heavy (non-hydrogen) atoms. The molecule has 9 heteroatoms. The van der Waals surface area contributed by atoms with Crippen LogP contribution in [0.1, 0.15) is 50.5 Å². The average molecular weight is 484 g/mol. The molecule has 0 aliphatic carbocycles. The normalized spacial score (nSPS) is 11.6. The van der Waals surface area contributed by atoms with Crippen LogP contribution in [0.3, 0.4) is 0 Å². The van der Waals surface area contributed by atoms with Gasteiger partial charge < -0.3 is 24.7 Å². The number of nitrogens with zero attached hydrogens (tertiary/aromatic N) is 1. The number of carbonyl (C=O) groups excluding carboxylic acids is 2. The predicted molar refractivity (Wildman–Crippen MR) is 132 cm³/mol. The number of hydrogen-bond acceptors (Lipinski definition) is 6. The molecule has 0 aliphatic heterocycles. The first-order valence-corrected chi connectivity index (χ1v) is 11.8.